The van der Waals surface area contributed by atoms with E-state index in [0.717, 1.165) is 36.2 Å². The van der Waals surface area contributed by atoms with E-state index in [4.69, 9.17) is 17.9 Å². The predicted molar refractivity (Wildman–Crippen MR) is 176 cm³/mol. The van der Waals surface area contributed by atoms with Crippen LogP contribution in [0.15, 0.2) is 78.9 Å². The highest BCUT2D eigenvalue weighted by Crippen LogP contribution is 2.58. The van der Waals surface area contributed by atoms with Gasteiger partial charge in [0.05, 0.1) is 5.41 Å². The molecule has 0 atom stereocenters. The summed E-state index contributed by atoms with van der Waals surface area (Å²) < 4.78 is 0. The molecule has 210 valence electrons. The molecule has 0 fully saturated rings. The van der Waals surface area contributed by atoms with Crippen molar-refractivity contribution in [3.05, 3.63) is 118 Å². The lowest BCUT2D eigenvalue weighted by molar-refractivity contribution is 0.664. The molecule has 4 N–H and O–H groups in total. The first-order chi connectivity index (χ1) is 20.0. The molecule has 1 aliphatic rings. The van der Waals surface area contributed by atoms with Crippen LogP contribution in [-0.4, -0.2) is 0 Å². The summed E-state index contributed by atoms with van der Waals surface area (Å²) in [5.74, 6) is 3.20. The standard InChI is InChI=1S/C39H44N2/c1-4-7-9-11-13-28-15-25-35-36-26-16-29(14-12-10-8-5-2)34(6-3)38(36)39(37(35)27-28,30-17-21-32(40)22-18-30)31-19-23-33(41)24-20-31/h3,15-27H,4-5,7-14,40-41H2,1-2H3. The van der Waals surface area contributed by atoms with Gasteiger partial charge in [-0.2, -0.15) is 0 Å². The van der Waals surface area contributed by atoms with Crippen LogP contribution in [0.2, 0.25) is 0 Å². The minimum atomic E-state index is -0.563. The molecule has 0 saturated carbocycles. The van der Waals surface area contributed by atoms with Gasteiger partial charge >= 0.3 is 0 Å². The van der Waals surface area contributed by atoms with Gasteiger partial charge in [-0.1, -0.05) is 113 Å². The highest BCUT2D eigenvalue weighted by molar-refractivity contribution is 5.89. The lowest BCUT2D eigenvalue weighted by Crippen LogP contribution is -2.30. The zero-order chi connectivity index (χ0) is 28.8. The highest BCUT2D eigenvalue weighted by atomic mass is 14.6. The maximum absolute atomic E-state index is 6.45. The Labute approximate surface area is 247 Å². The maximum atomic E-state index is 6.45. The molecule has 4 aromatic carbocycles. The first-order valence-corrected chi connectivity index (χ1v) is 15.5. The Bertz CT molecular complexity index is 1470. The van der Waals surface area contributed by atoms with Gasteiger partial charge in [0.15, 0.2) is 0 Å². The van der Waals surface area contributed by atoms with Gasteiger partial charge in [0.25, 0.3) is 0 Å². The molecule has 0 aromatic heterocycles. The van der Waals surface area contributed by atoms with Crippen LogP contribution in [-0.2, 0) is 18.3 Å². The summed E-state index contributed by atoms with van der Waals surface area (Å²) >= 11 is 0. The Kier molecular flexibility index (Phi) is 8.84. The largest absolute Gasteiger partial charge is 0.399 e. The Morgan fingerprint density at radius 3 is 1.76 bits per heavy atom. The zero-order valence-electron chi connectivity index (χ0n) is 24.8. The van der Waals surface area contributed by atoms with E-state index in [9.17, 15) is 0 Å². The van der Waals surface area contributed by atoms with Crippen LogP contribution < -0.4 is 11.5 Å². The van der Waals surface area contributed by atoms with Crippen LogP contribution >= 0.6 is 0 Å². The molecule has 0 radical (unpaired) electrons. The van der Waals surface area contributed by atoms with E-state index in [2.05, 4.69) is 74.4 Å². The van der Waals surface area contributed by atoms with Gasteiger partial charge in [0.2, 0.25) is 0 Å². The number of unbranched alkanes of at least 4 members (excludes halogenated alkanes) is 6. The minimum absolute atomic E-state index is 0.563. The van der Waals surface area contributed by atoms with Crippen molar-refractivity contribution in [1.82, 2.24) is 0 Å². The summed E-state index contributed by atoms with van der Waals surface area (Å²) in [5.41, 5.74) is 24.5. The summed E-state index contributed by atoms with van der Waals surface area (Å²) in [6, 6.07) is 28.5. The second kappa shape index (κ2) is 12.7. The fourth-order valence-electron chi connectivity index (χ4n) is 6.79. The smallest absolute Gasteiger partial charge is 0.0726 e. The molecule has 4 aromatic rings. The van der Waals surface area contributed by atoms with Crippen LogP contribution in [0.25, 0.3) is 11.1 Å². The average molecular weight is 541 g/mol. The number of anilines is 2. The van der Waals surface area contributed by atoms with Gasteiger partial charge in [0, 0.05) is 16.9 Å². The zero-order valence-corrected chi connectivity index (χ0v) is 24.8. The third kappa shape index (κ3) is 5.39. The van der Waals surface area contributed by atoms with Crippen molar-refractivity contribution in [2.45, 2.75) is 83.5 Å². The maximum Gasteiger partial charge on any atom is 0.0726 e. The molecule has 2 nitrogen and oxygen atoms in total. The lowest BCUT2D eigenvalue weighted by Gasteiger charge is -2.35. The quantitative estimate of drug-likeness (QED) is 0.0940. The van der Waals surface area contributed by atoms with E-state index >= 15 is 0 Å². The van der Waals surface area contributed by atoms with Crippen molar-refractivity contribution in [3.63, 3.8) is 0 Å². The van der Waals surface area contributed by atoms with Crippen molar-refractivity contribution in [3.8, 4) is 23.5 Å². The van der Waals surface area contributed by atoms with Gasteiger partial charge in [-0.3, -0.25) is 0 Å². The lowest BCUT2D eigenvalue weighted by atomic mass is 9.66. The summed E-state index contributed by atoms with van der Waals surface area (Å²) in [6.07, 6.45) is 18.3. The summed E-state index contributed by atoms with van der Waals surface area (Å²) in [7, 11) is 0. The second-order valence-corrected chi connectivity index (χ2v) is 11.7. The molecule has 0 bridgehead atoms. The third-order valence-corrected chi connectivity index (χ3v) is 8.90. The molecule has 0 unspecified atom stereocenters. The topological polar surface area (TPSA) is 52.0 Å². The monoisotopic (exact) mass is 540 g/mol. The Hall–Kier alpha value is -3.96. The van der Waals surface area contributed by atoms with Crippen LogP contribution in [0.1, 0.15) is 104 Å². The van der Waals surface area contributed by atoms with Gasteiger partial charge in [-0.15, -0.1) is 6.42 Å². The molecular weight excluding hydrogens is 496 g/mol. The van der Waals surface area contributed by atoms with E-state index in [1.165, 1.54) is 89.5 Å². The number of aryl methyl sites for hydroxylation is 2. The van der Waals surface area contributed by atoms with Crippen molar-refractivity contribution in [1.29, 1.82) is 0 Å². The second-order valence-electron chi connectivity index (χ2n) is 11.7. The first kappa shape index (κ1) is 28.6. The Balaban J connectivity index is 1.79. The van der Waals surface area contributed by atoms with Crippen molar-refractivity contribution < 1.29 is 0 Å². The van der Waals surface area contributed by atoms with Crippen LogP contribution in [0.5, 0.6) is 0 Å². The predicted octanol–water partition coefficient (Wildman–Crippen LogP) is 9.44. The summed E-state index contributed by atoms with van der Waals surface area (Å²) in [6.45, 7) is 4.52. The van der Waals surface area contributed by atoms with E-state index < -0.39 is 5.41 Å². The Morgan fingerprint density at radius 1 is 0.634 bits per heavy atom. The van der Waals surface area contributed by atoms with Gasteiger partial charge in [-0.25, -0.2) is 0 Å². The number of benzene rings is 4. The number of fused-ring (bicyclic) bond motifs is 3. The van der Waals surface area contributed by atoms with E-state index in [1.807, 2.05) is 24.3 Å². The van der Waals surface area contributed by atoms with Crippen LogP contribution in [0.3, 0.4) is 0 Å². The van der Waals surface area contributed by atoms with Gasteiger partial charge < -0.3 is 11.5 Å². The molecule has 41 heavy (non-hydrogen) atoms. The van der Waals surface area contributed by atoms with E-state index in [1.54, 1.807) is 0 Å². The first-order valence-electron chi connectivity index (χ1n) is 15.5. The van der Waals surface area contributed by atoms with Gasteiger partial charge in [0.1, 0.15) is 0 Å². The number of rotatable bonds is 12. The van der Waals surface area contributed by atoms with Crippen molar-refractivity contribution in [2.75, 3.05) is 11.5 Å². The van der Waals surface area contributed by atoms with Crippen molar-refractivity contribution >= 4 is 11.4 Å². The van der Waals surface area contributed by atoms with Crippen LogP contribution in [0, 0.1) is 12.3 Å². The number of terminal acetylenes is 1. The van der Waals surface area contributed by atoms with E-state index in [-0.39, 0.29) is 0 Å². The molecule has 0 heterocycles. The molecule has 0 spiro atoms. The number of hydrogen-bond acceptors (Lipinski definition) is 2. The van der Waals surface area contributed by atoms with E-state index in [0.29, 0.717) is 0 Å². The molecule has 5 rings (SSSR count). The molecule has 1 aliphatic carbocycles. The Morgan fingerprint density at radius 2 is 1.20 bits per heavy atom. The summed E-state index contributed by atoms with van der Waals surface area (Å²) in [5, 5.41) is 0. The summed E-state index contributed by atoms with van der Waals surface area (Å²) in [4.78, 5) is 0. The number of nitrogens with two attached hydrogens (primary N) is 2. The number of hydrogen-bond donors (Lipinski definition) is 2. The molecular formula is C39H44N2. The van der Waals surface area contributed by atoms with Gasteiger partial charge in [-0.05, 0) is 94.5 Å². The number of nitrogen functional groups attached to an aromatic ring is 2. The third-order valence-electron chi connectivity index (χ3n) is 8.90. The normalized spacial score (nSPS) is 13.0. The SMILES string of the molecule is C#Cc1c(CCCCCC)ccc2c1C(c1ccc(N)cc1)(c1ccc(N)cc1)c1cc(CCCCCC)ccc1-2. The average Bonchev–Trinajstić information content (AvgIpc) is 3.28. The van der Waals surface area contributed by atoms with Crippen molar-refractivity contribution in [2.24, 2.45) is 0 Å². The molecule has 0 saturated heterocycles. The minimum Gasteiger partial charge on any atom is -0.399 e. The highest BCUT2D eigenvalue weighted by Gasteiger charge is 2.48. The molecule has 0 amide bonds. The van der Waals surface area contributed by atoms with Crippen LogP contribution in [0.4, 0.5) is 11.4 Å². The fourth-order valence-corrected chi connectivity index (χ4v) is 6.79. The molecule has 0 aliphatic heterocycles. The fraction of sp³-hybridized carbons (Fsp3) is 0.333. The molecule has 2 heteroatoms.